The van der Waals surface area contributed by atoms with Gasteiger partial charge in [-0.05, 0) is 181 Å². The van der Waals surface area contributed by atoms with Crippen molar-refractivity contribution < 1.29 is 11.0 Å². The zero-order chi connectivity index (χ0) is 81.9. The fourth-order valence-electron chi connectivity index (χ4n) is 16.4. The summed E-state index contributed by atoms with van der Waals surface area (Å²) in [6.07, 6.45) is 0. The van der Waals surface area contributed by atoms with Crippen LogP contribution in [-0.2, 0) is 27.1 Å². The fourth-order valence-corrected chi connectivity index (χ4v) is 16.4. The highest BCUT2D eigenvalue weighted by molar-refractivity contribution is 7.00. The van der Waals surface area contributed by atoms with Gasteiger partial charge < -0.3 is 14.4 Å². The molecule has 0 saturated carbocycles. The van der Waals surface area contributed by atoms with Crippen LogP contribution in [0, 0.1) is 0 Å². The SMILES string of the molecule is [2H]c1c([2H])c([2H])c2c(c1[2H])c1c([2H])c([2H])c([2H])c([2H])c1n2-c1ccc2c(c1)N(c1c(-c3cccc(-c4ccccc4)c3)cccc1-c1cccc(C(C)(C)C)c1)c1cc(C(C)(C)C)cc3c1B2c1cc(-c2cc(C(C)(C)C)cc(C(C)(C)C)c2)ccc1N3c1c(-c2cccc(-c3ccccc3)c2)cccc1-c1cccc(C(C)(C)C)c1. The van der Waals surface area contributed by atoms with Crippen LogP contribution in [0.4, 0.5) is 34.1 Å². The molecule has 0 radical (unpaired) electrons. The first-order chi connectivity index (χ1) is 55.0. The van der Waals surface area contributed by atoms with Crippen molar-refractivity contribution in [1.82, 2.24) is 4.57 Å². The van der Waals surface area contributed by atoms with E-state index in [0.717, 1.165) is 140 Å². The smallest absolute Gasteiger partial charge is 0.252 e. The number of hydrogen-bond acceptors (Lipinski definition) is 2. The van der Waals surface area contributed by atoms with Gasteiger partial charge in [-0.15, -0.1) is 0 Å². The molecular weight excluding hydrogens is 1300 g/mol. The molecule has 0 unspecified atom stereocenters. The van der Waals surface area contributed by atoms with Gasteiger partial charge in [-0.25, -0.2) is 0 Å². The number of rotatable bonds is 10. The van der Waals surface area contributed by atoms with Crippen LogP contribution in [0.25, 0.3) is 105 Å². The van der Waals surface area contributed by atoms with E-state index in [1.54, 1.807) is 4.57 Å². The van der Waals surface area contributed by atoms with Gasteiger partial charge in [-0.3, -0.25) is 0 Å². The van der Waals surface area contributed by atoms with Crippen molar-refractivity contribution >= 4 is 79.0 Å². The number of aromatic nitrogens is 1. The minimum absolute atomic E-state index is 0.0117. The zero-order valence-corrected chi connectivity index (χ0v) is 64.7. The van der Waals surface area contributed by atoms with Crippen LogP contribution in [0.2, 0.25) is 0 Å². The topological polar surface area (TPSA) is 11.4 Å². The minimum Gasteiger partial charge on any atom is -0.310 e. The summed E-state index contributed by atoms with van der Waals surface area (Å²) in [5.74, 6) is 0. The maximum Gasteiger partial charge on any atom is 0.252 e. The summed E-state index contributed by atoms with van der Waals surface area (Å²) in [5, 5.41) is 0.0233. The Morgan fingerprint density at radius 1 is 0.259 bits per heavy atom. The van der Waals surface area contributed by atoms with Gasteiger partial charge in [0.05, 0.1) is 33.4 Å². The molecule has 530 valence electrons. The third-order valence-corrected chi connectivity index (χ3v) is 22.4. The molecule has 0 aliphatic carbocycles. The van der Waals surface area contributed by atoms with Crippen molar-refractivity contribution in [3.8, 4) is 83.6 Å². The second-order valence-corrected chi connectivity index (χ2v) is 34.8. The Bertz CT molecular complexity index is 6430. The highest BCUT2D eigenvalue weighted by atomic mass is 15.2. The molecule has 2 aliphatic heterocycles. The summed E-state index contributed by atoms with van der Waals surface area (Å²) in [7, 11) is 0. The van der Waals surface area contributed by atoms with Gasteiger partial charge in [0, 0.05) is 61.5 Å². The van der Waals surface area contributed by atoms with Gasteiger partial charge in [0.2, 0.25) is 0 Å². The average molecular weight is 1410 g/mol. The lowest BCUT2D eigenvalue weighted by atomic mass is 9.33. The van der Waals surface area contributed by atoms with Crippen LogP contribution < -0.4 is 26.2 Å². The number of hydrogen-bond donors (Lipinski definition) is 0. The average Bonchev–Trinajstić information content (AvgIpc) is 1.07. The summed E-state index contributed by atoms with van der Waals surface area (Å²) in [6, 6.07) is 92.7. The van der Waals surface area contributed by atoms with E-state index in [1.807, 2.05) is 12.1 Å². The Morgan fingerprint density at radius 2 is 0.630 bits per heavy atom. The van der Waals surface area contributed by atoms with Crippen molar-refractivity contribution in [2.24, 2.45) is 0 Å². The Balaban J connectivity index is 1.08. The third-order valence-electron chi connectivity index (χ3n) is 22.4. The summed E-state index contributed by atoms with van der Waals surface area (Å²) in [6.45, 7) is 33.8. The standard InChI is InChI=1S/C104H96BN3/c1-100(2,3)77-42-28-40-74(58-77)85-48-30-46-83(72-38-26-36-69(56-72)67-32-18-16-19-33-67)98(85)107-93-55-52-71(76-60-79(102(7,8)9)63-80(61-76)103(10,11)12)62-90(93)105-89-54-53-82(106-91-50-24-22-44-87(91)88-45-23-25-51-92(88)106)66-94(89)108(96-65-81(104(13,14)15)64-95(107)97(96)105)99-84(73-39-27-37-70(57-73)68-34-20-17-21-35-68)47-31-49-86(99)75-41-29-43-78(59-75)101(4,5)6/h16-66H,1-15H3/i22D,23D,24D,25D,44D,45D,50D,51D. The van der Waals surface area contributed by atoms with E-state index in [9.17, 15) is 8.22 Å². The monoisotopic (exact) mass is 1410 g/mol. The molecule has 0 amide bonds. The molecule has 0 N–H and O–H groups in total. The van der Waals surface area contributed by atoms with Crippen molar-refractivity contribution in [3.05, 3.63) is 337 Å². The highest BCUT2D eigenvalue weighted by Crippen LogP contribution is 2.55. The van der Waals surface area contributed by atoms with E-state index in [0.29, 0.717) is 5.69 Å². The summed E-state index contributed by atoms with van der Waals surface area (Å²) < 4.78 is 78.0. The molecule has 4 heteroatoms. The maximum absolute atomic E-state index is 9.96. The zero-order valence-electron chi connectivity index (χ0n) is 72.7. The third kappa shape index (κ3) is 12.4. The number of anilines is 6. The number of para-hydroxylation sites is 4. The summed E-state index contributed by atoms with van der Waals surface area (Å²) >= 11 is 0. The van der Waals surface area contributed by atoms with Crippen LogP contribution in [0.3, 0.4) is 0 Å². The quantitative estimate of drug-likeness (QED) is 0.126. The van der Waals surface area contributed by atoms with Crippen LogP contribution >= 0.6 is 0 Å². The van der Waals surface area contributed by atoms with Gasteiger partial charge in [-0.2, -0.15) is 0 Å². The Labute approximate surface area is 652 Å². The lowest BCUT2D eigenvalue weighted by molar-refractivity contribution is 0.569. The molecule has 108 heavy (non-hydrogen) atoms. The van der Waals surface area contributed by atoms with E-state index in [1.165, 1.54) is 16.7 Å². The second-order valence-electron chi connectivity index (χ2n) is 34.8. The molecule has 2 aliphatic rings. The van der Waals surface area contributed by atoms with E-state index < -0.39 is 48.4 Å². The molecule has 0 fully saturated rings. The molecular formula is C104H96BN3. The fraction of sp³-hybridized carbons (Fsp3) is 0.192. The molecule has 0 bridgehead atoms. The van der Waals surface area contributed by atoms with Crippen LogP contribution in [-0.4, -0.2) is 11.3 Å². The highest BCUT2D eigenvalue weighted by Gasteiger charge is 2.46. The molecule has 0 atom stereocenters. The largest absolute Gasteiger partial charge is 0.310 e. The Hall–Kier alpha value is -11.5. The van der Waals surface area contributed by atoms with Gasteiger partial charge in [0.15, 0.2) is 0 Å². The first kappa shape index (κ1) is 60.7. The van der Waals surface area contributed by atoms with Crippen LogP contribution in [0.1, 0.15) is 143 Å². The first-order valence-electron chi connectivity index (χ1n) is 42.1. The minimum atomic E-state index is -0.524. The number of fused-ring (bicyclic) bond motifs is 7. The lowest BCUT2D eigenvalue weighted by Crippen LogP contribution is -2.61. The van der Waals surface area contributed by atoms with E-state index in [4.69, 9.17) is 2.74 Å². The Kier molecular flexibility index (Phi) is 14.7. The predicted octanol–water partition coefficient (Wildman–Crippen LogP) is 27.0. The van der Waals surface area contributed by atoms with E-state index >= 15 is 0 Å². The molecule has 1 aromatic heterocycles. The summed E-state index contributed by atoms with van der Waals surface area (Å²) in [4.78, 5) is 5.10. The summed E-state index contributed by atoms with van der Waals surface area (Å²) in [5.41, 5.74) is 28.3. The molecule has 3 heterocycles. The van der Waals surface area contributed by atoms with Crippen molar-refractivity contribution in [2.75, 3.05) is 9.80 Å². The molecule has 15 aromatic rings. The van der Waals surface area contributed by atoms with E-state index in [2.05, 4.69) is 362 Å². The molecule has 0 saturated heterocycles. The number of benzene rings is 14. The molecule has 3 nitrogen and oxygen atoms in total. The second kappa shape index (κ2) is 26.2. The van der Waals surface area contributed by atoms with Gasteiger partial charge in [-0.1, -0.05) is 358 Å². The van der Waals surface area contributed by atoms with Gasteiger partial charge in [0.25, 0.3) is 6.71 Å². The molecule has 17 rings (SSSR count). The predicted molar refractivity (Wildman–Crippen MR) is 466 cm³/mol. The van der Waals surface area contributed by atoms with E-state index in [-0.39, 0.29) is 55.6 Å². The van der Waals surface area contributed by atoms with Crippen LogP contribution in [0.5, 0.6) is 0 Å². The first-order valence-corrected chi connectivity index (χ1v) is 38.1. The van der Waals surface area contributed by atoms with Gasteiger partial charge in [0.1, 0.15) is 0 Å². The lowest BCUT2D eigenvalue weighted by Gasteiger charge is -2.46. The normalized spacial score (nSPS) is 14.1. The number of nitrogens with zero attached hydrogens (tertiary/aromatic N) is 3. The van der Waals surface area contributed by atoms with Gasteiger partial charge >= 0.3 is 0 Å². The molecule has 0 spiro atoms. The molecule has 14 aromatic carbocycles. The maximum atomic E-state index is 9.96. The van der Waals surface area contributed by atoms with Crippen molar-refractivity contribution in [2.45, 2.75) is 131 Å². The van der Waals surface area contributed by atoms with Crippen molar-refractivity contribution in [1.29, 1.82) is 0 Å². The van der Waals surface area contributed by atoms with Crippen molar-refractivity contribution in [3.63, 3.8) is 0 Å². The van der Waals surface area contributed by atoms with Crippen LogP contribution in [0.15, 0.2) is 309 Å². The Morgan fingerprint density at radius 3 is 1.08 bits per heavy atom.